The highest BCUT2D eigenvalue weighted by Gasteiger charge is 2.52. The van der Waals surface area contributed by atoms with Crippen molar-refractivity contribution < 1.29 is 4.79 Å². The molecule has 0 N–H and O–H groups in total. The number of hydrogen-bond donors (Lipinski definition) is 0. The zero-order valence-corrected chi connectivity index (χ0v) is 18.1. The van der Waals surface area contributed by atoms with Crippen molar-refractivity contribution in [2.24, 2.45) is 0 Å². The zero-order chi connectivity index (χ0) is 19.6. The van der Waals surface area contributed by atoms with Crippen LogP contribution in [0, 0.1) is 0 Å². The molecule has 28 heavy (non-hydrogen) atoms. The molecule has 1 nitrogen and oxygen atoms in total. The third-order valence-corrected chi connectivity index (χ3v) is 7.86. The molecule has 3 aliphatic rings. The van der Waals surface area contributed by atoms with Gasteiger partial charge in [-0.3, -0.25) is 4.79 Å². The number of benzene rings is 3. The number of rotatable bonds is 0. The van der Waals surface area contributed by atoms with Gasteiger partial charge in [0.1, 0.15) is 0 Å². The summed E-state index contributed by atoms with van der Waals surface area (Å²) in [5.74, 6) is 0.181. The third-order valence-electron chi connectivity index (χ3n) is 7.41. The van der Waals surface area contributed by atoms with Crippen LogP contribution in [0.5, 0.6) is 0 Å². The quantitative estimate of drug-likeness (QED) is 0.391. The van der Waals surface area contributed by atoms with Crippen molar-refractivity contribution in [3.63, 3.8) is 0 Å². The molecule has 3 aliphatic heterocycles. The lowest BCUT2D eigenvalue weighted by Crippen LogP contribution is -2.70. The van der Waals surface area contributed by atoms with E-state index in [0.717, 1.165) is 15.6 Å². The second kappa shape index (κ2) is 4.89. The SMILES string of the molecule is CC1(C)c2cccc3c2B2c4c(cccc4C(C)(C)c4cc(Br)cc1c42)C3=O. The molecule has 0 aromatic heterocycles. The Hall–Kier alpha value is -2.13. The van der Waals surface area contributed by atoms with Gasteiger partial charge in [0.25, 0.3) is 0 Å². The number of ketones is 1. The summed E-state index contributed by atoms with van der Waals surface area (Å²) in [6.45, 7) is 9.36. The van der Waals surface area contributed by atoms with Crippen LogP contribution in [0.4, 0.5) is 0 Å². The van der Waals surface area contributed by atoms with Crippen molar-refractivity contribution >= 4 is 44.8 Å². The predicted molar refractivity (Wildman–Crippen MR) is 119 cm³/mol. The first-order chi connectivity index (χ1) is 13.2. The fourth-order valence-electron chi connectivity index (χ4n) is 6.07. The maximum atomic E-state index is 13.5. The minimum atomic E-state index is -0.143. The monoisotopic (exact) mass is 426 g/mol. The second-order valence-electron chi connectivity index (χ2n) is 9.46. The van der Waals surface area contributed by atoms with E-state index in [1.54, 1.807) is 0 Å². The summed E-state index contributed by atoms with van der Waals surface area (Å²) < 4.78 is 1.13. The van der Waals surface area contributed by atoms with E-state index in [4.69, 9.17) is 0 Å². The smallest absolute Gasteiger partial charge is 0.244 e. The average molecular weight is 427 g/mol. The number of halogens is 1. The first-order valence-corrected chi connectivity index (χ1v) is 10.7. The summed E-state index contributed by atoms with van der Waals surface area (Å²) in [5, 5.41) is 0. The van der Waals surface area contributed by atoms with E-state index >= 15 is 0 Å². The van der Waals surface area contributed by atoms with Gasteiger partial charge in [-0.25, -0.2) is 0 Å². The maximum Gasteiger partial charge on any atom is 0.244 e. The van der Waals surface area contributed by atoms with Gasteiger partial charge in [0.2, 0.25) is 6.71 Å². The van der Waals surface area contributed by atoms with Crippen LogP contribution in [0.1, 0.15) is 65.9 Å². The summed E-state index contributed by atoms with van der Waals surface area (Å²) in [6, 6.07) is 17.2. The molecule has 0 atom stereocenters. The molecule has 0 bridgehead atoms. The molecule has 0 saturated carbocycles. The highest BCUT2D eigenvalue weighted by molar-refractivity contribution is 9.10. The Labute approximate surface area is 174 Å². The average Bonchev–Trinajstić information content (AvgIpc) is 2.66. The molecular weight excluding hydrogens is 407 g/mol. The van der Waals surface area contributed by atoms with Crippen molar-refractivity contribution in [1.29, 1.82) is 0 Å². The Morgan fingerprint density at radius 2 is 1.18 bits per heavy atom. The first kappa shape index (κ1) is 16.8. The van der Waals surface area contributed by atoms with Gasteiger partial charge in [0.05, 0.1) is 0 Å². The maximum absolute atomic E-state index is 13.5. The Kier molecular flexibility index (Phi) is 2.93. The fraction of sp³-hybridized carbons (Fsp3) is 0.240. The minimum Gasteiger partial charge on any atom is -0.289 e. The second-order valence-corrected chi connectivity index (χ2v) is 10.4. The van der Waals surface area contributed by atoms with E-state index in [1.807, 2.05) is 12.1 Å². The Morgan fingerprint density at radius 1 is 0.714 bits per heavy atom. The highest BCUT2D eigenvalue weighted by Crippen LogP contribution is 2.43. The van der Waals surface area contributed by atoms with Crippen LogP contribution >= 0.6 is 15.9 Å². The molecule has 0 unspecified atom stereocenters. The number of carbonyl (C=O) groups excluding carboxylic acids is 1. The summed E-state index contributed by atoms with van der Waals surface area (Å²) in [6.07, 6.45) is 0. The molecule has 0 saturated heterocycles. The summed E-state index contributed by atoms with van der Waals surface area (Å²) in [5.41, 5.74) is 10.7. The van der Waals surface area contributed by atoms with Gasteiger partial charge in [0, 0.05) is 26.4 Å². The van der Waals surface area contributed by atoms with Gasteiger partial charge in [-0.05, 0) is 34.4 Å². The van der Waals surface area contributed by atoms with Gasteiger partial charge in [0.15, 0.2) is 5.78 Å². The number of carbonyl (C=O) groups is 1. The molecule has 3 aromatic carbocycles. The van der Waals surface area contributed by atoms with Crippen LogP contribution < -0.4 is 16.4 Å². The van der Waals surface area contributed by atoms with Crippen molar-refractivity contribution in [3.8, 4) is 0 Å². The number of hydrogen-bond acceptors (Lipinski definition) is 1. The summed E-state index contributed by atoms with van der Waals surface area (Å²) in [7, 11) is 0. The predicted octanol–water partition coefficient (Wildman–Crippen LogP) is 3.79. The lowest BCUT2D eigenvalue weighted by molar-refractivity contribution is 0.104. The van der Waals surface area contributed by atoms with Gasteiger partial charge in [-0.2, -0.15) is 0 Å². The van der Waals surface area contributed by atoms with Crippen LogP contribution in [0.15, 0.2) is 53.0 Å². The Bertz CT molecular complexity index is 1160. The van der Waals surface area contributed by atoms with Gasteiger partial charge in [-0.15, -0.1) is 0 Å². The molecule has 3 heterocycles. The lowest BCUT2D eigenvalue weighted by atomic mass is 9.25. The van der Waals surface area contributed by atoms with E-state index in [1.165, 1.54) is 38.6 Å². The molecule has 136 valence electrons. The van der Waals surface area contributed by atoms with E-state index in [2.05, 4.69) is 80.0 Å². The van der Waals surface area contributed by atoms with E-state index in [-0.39, 0.29) is 23.3 Å². The van der Waals surface area contributed by atoms with Crippen molar-refractivity contribution in [2.45, 2.75) is 38.5 Å². The Balaban J connectivity index is 1.89. The van der Waals surface area contributed by atoms with Crippen LogP contribution in [-0.4, -0.2) is 12.5 Å². The van der Waals surface area contributed by atoms with E-state index < -0.39 is 0 Å². The highest BCUT2D eigenvalue weighted by atomic mass is 79.9. The third kappa shape index (κ3) is 1.69. The van der Waals surface area contributed by atoms with Crippen molar-refractivity contribution in [1.82, 2.24) is 0 Å². The zero-order valence-electron chi connectivity index (χ0n) is 16.5. The lowest BCUT2D eigenvalue weighted by Gasteiger charge is -2.49. The van der Waals surface area contributed by atoms with Gasteiger partial charge < -0.3 is 0 Å². The largest absolute Gasteiger partial charge is 0.289 e. The standard InChI is InChI=1S/C25H20BBrO/c1-24(2)16-9-5-7-14-20(16)26-21-15(23(14)28)8-6-10-17(21)25(3,4)19-12-13(27)11-18(24)22(19)26/h5-12H,1-4H3. The van der Waals surface area contributed by atoms with Crippen molar-refractivity contribution in [2.75, 3.05) is 0 Å². The van der Waals surface area contributed by atoms with Gasteiger partial charge >= 0.3 is 0 Å². The van der Waals surface area contributed by atoms with E-state index in [0.29, 0.717) is 0 Å². The molecule has 0 spiro atoms. The van der Waals surface area contributed by atoms with Crippen molar-refractivity contribution in [3.05, 3.63) is 86.4 Å². The summed E-state index contributed by atoms with van der Waals surface area (Å²) >= 11 is 3.79. The normalized spacial score (nSPS) is 18.8. The molecular formula is C25H20BBrO. The molecule has 3 heteroatoms. The molecule has 0 aliphatic carbocycles. The molecule has 6 rings (SSSR count). The first-order valence-electron chi connectivity index (χ1n) is 9.90. The van der Waals surface area contributed by atoms with E-state index in [9.17, 15) is 4.79 Å². The molecule has 0 fully saturated rings. The summed E-state index contributed by atoms with van der Waals surface area (Å²) in [4.78, 5) is 13.5. The fourth-order valence-corrected chi connectivity index (χ4v) is 6.53. The minimum absolute atomic E-state index is 0.143. The van der Waals surface area contributed by atoms with Crippen LogP contribution in [0.25, 0.3) is 0 Å². The molecule has 3 aromatic rings. The van der Waals surface area contributed by atoms with Crippen LogP contribution in [0.3, 0.4) is 0 Å². The Morgan fingerprint density at radius 3 is 1.64 bits per heavy atom. The van der Waals surface area contributed by atoms with Crippen LogP contribution in [0.2, 0.25) is 0 Å². The topological polar surface area (TPSA) is 17.1 Å². The molecule has 0 amide bonds. The van der Waals surface area contributed by atoms with Crippen LogP contribution in [-0.2, 0) is 10.8 Å². The van der Waals surface area contributed by atoms with Gasteiger partial charge in [-0.1, -0.05) is 96.4 Å². The molecule has 0 radical (unpaired) electrons.